The summed E-state index contributed by atoms with van der Waals surface area (Å²) < 4.78 is 8.86. The molecule has 0 radical (unpaired) electrons. The van der Waals surface area contributed by atoms with Crippen molar-refractivity contribution in [1.82, 2.24) is 19.3 Å². The summed E-state index contributed by atoms with van der Waals surface area (Å²) >= 11 is 0. The number of nitrogens with one attached hydrogen (secondary N) is 1. The summed E-state index contributed by atoms with van der Waals surface area (Å²) in [6.45, 7) is 3.08. The van der Waals surface area contributed by atoms with Gasteiger partial charge in [0.2, 0.25) is 5.91 Å². The van der Waals surface area contributed by atoms with Gasteiger partial charge in [-0.15, -0.1) is 0 Å². The molecule has 0 bridgehead atoms. The Balaban J connectivity index is 1.69. The minimum atomic E-state index is -0.0580. The monoisotopic (exact) mass is 380 g/mol. The molecule has 4 rings (SSSR count). The topological polar surface area (TPSA) is 77.6 Å². The lowest BCUT2D eigenvalue weighted by Gasteiger charge is -2.15. The second-order valence-corrected chi connectivity index (χ2v) is 7.26. The zero-order valence-electron chi connectivity index (χ0n) is 16.1. The van der Waals surface area contributed by atoms with Crippen molar-refractivity contribution in [2.45, 2.75) is 38.6 Å². The van der Waals surface area contributed by atoms with Crippen LogP contribution in [0.2, 0.25) is 0 Å². The molecule has 1 atom stereocenters. The first-order chi connectivity index (χ1) is 13.6. The average Bonchev–Trinajstić information content (AvgIpc) is 2.99. The van der Waals surface area contributed by atoms with Crippen molar-refractivity contribution >= 4 is 11.4 Å². The Morgan fingerprint density at radius 2 is 2.00 bits per heavy atom. The molecule has 1 saturated heterocycles. The number of carbonyl (C=O) groups is 1. The van der Waals surface area contributed by atoms with Crippen LogP contribution in [0.4, 0.5) is 0 Å². The van der Waals surface area contributed by atoms with Crippen LogP contribution < -0.4 is 15.6 Å². The van der Waals surface area contributed by atoms with Crippen LogP contribution in [0.3, 0.4) is 0 Å². The summed E-state index contributed by atoms with van der Waals surface area (Å²) in [5, 5.41) is 2.90. The molecule has 1 unspecified atom stereocenters. The van der Waals surface area contributed by atoms with Gasteiger partial charge in [0.1, 0.15) is 17.1 Å². The SMILES string of the molecule is COc1ccc(Cn2c(C)cn3c(C4CCNC(=O)CC4)ncc3c2=O)cc1. The van der Waals surface area contributed by atoms with Crippen LogP contribution in [-0.2, 0) is 11.3 Å². The zero-order valence-corrected chi connectivity index (χ0v) is 16.1. The Morgan fingerprint density at radius 1 is 1.21 bits per heavy atom. The van der Waals surface area contributed by atoms with E-state index in [1.807, 2.05) is 41.8 Å². The van der Waals surface area contributed by atoms with Crippen molar-refractivity contribution in [3.63, 3.8) is 0 Å². The van der Waals surface area contributed by atoms with Crippen molar-refractivity contribution in [2.24, 2.45) is 0 Å². The first-order valence-corrected chi connectivity index (χ1v) is 9.54. The first kappa shape index (κ1) is 18.3. The van der Waals surface area contributed by atoms with E-state index in [1.54, 1.807) is 17.9 Å². The molecule has 2 aromatic heterocycles. The number of carbonyl (C=O) groups excluding carboxylic acids is 1. The van der Waals surface area contributed by atoms with E-state index < -0.39 is 0 Å². The normalized spacial score (nSPS) is 17.4. The van der Waals surface area contributed by atoms with E-state index in [0.29, 0.717) is 25.0 Å². The van der Waals surface area contributed by atoms with Crippen molar-refractivity contribution in [3.05, 3.63) is 64.1 Å². The van der Waals surface area contributed by atoms with Gasteiger partial charge in [-0.05, 0) is 37.5 Å². The number of imidazole rings is 1. The molecule has 0 spiro atoms. The van der Waals surface area contributed by atoms with E-state index >= 15 is 0 Å². The number of aryl methyl sites for hydroxylation is 1. The van der Waals surface area contributed by atoms with Crippen LogP contribution >= 0.6 is 0 Å². The van der Waals surface area contributed by atoms with Crippen LogP contribution in [0.5, 0.6) is 5.75 Å². The summed E-state index contributed by atoms with van der Waals surface area (Å²) in [5.41, 5.74) is 2.41. The number of amides is 1. The Labute approximate surface area is 163 Å². The third-order valence-electron chi connectivity index (χ3n) is 5.43. The molecule has 28 heavy (non-hydrogen) atoms. The highest BCUT2D eigenvalue weighted by Crippen LogP contribution is 2.26. The van der Waals surface area contributed by atoms with Crippen molar-refractivity contribution in [2.75, 3.05) is 13.7 Å². The van der Waals surface area contributed by atoms with E-state index in [0.717, 1.165) is 35.7 Å². The van der Waals surface area contributed by atoms with Gasteiger partial charge >= 0.3 is 0 Å². The number of hydrogen-bond acceptors (Lipinski definition) is 4. The maximum Gasteiger partial charge on any atom is 0.276 e. The van der Waals surface area contributed by atoms with Crippen molar-refractivity contribution in [3.8, 4) is 5.75 Å². The lowest BCUT2D eigenvalue weighted by molar-refractivity contribution is -0.120. The highest BCUT2D eigenvalue weighted by molar-refractivity contribution is 5.76. The van der Waals surface area contributed by atoms with Gasteiger partial charge in [-0.2, -0.15) is 0 Å². The zero-order chi connectivity index (χ0) is 19.7. The standard InChI is InChI=1S/C21H24N4O3/c1-14-12-25-18(11-23-20(25)16-5-8-19(26)22-10-9-16)21(27)24(14)13-15-3-6-17(28-2)7-4-15/h3-4,6-7,11-12,16H,5,8-10,13H2,1-2H3,(H,22,26). The van der Waals surface area contributed by atoms with Crippen LogP contribution in [0.1, 0.15) is 42.3 Å². The summed E-state index contributed by atoms with van der Waals surface area (Å²) in [4.78, 5) is 29.3. The van der Waals surface area contributed by atoms with Gasteiger partial charge < -0.3 is 14.6 Å². The molecule has 1 N–H and O–H groups in total. The van der Waals surface area contributed by atoms with Gasteiger partial charge in [-0.3, -0.25) is 14.0 Å². The van der Waals surface area contributed by atoms with Crippen LogP contribution in [0, 0.1) is 6.92 Å². The smallest absolute Gasteiger partial charge is 0.276 e. The molecule has 1 aliphatic heterocycles. The molecule has 0 aliphatic carbocycles. The molecule has 0 saturated carbocycles. The van der Waals surface area contributed by atoms with E-state index in [4.69, 9.17) is 4.74 Å². The molecule has 3 aromatic rings. The quantitative estimate of drug-likeness (QED) is 0.753. The second kappa shape index (κ2) is 7.50. The minimum absolute atomic E-state index is 0.0580. The highest BCUT2D eigenvalue weighted by Gasteiger charge is 2.22. The van der Waals surface area contributed by atoms with E-state index in [1.165, 1.54) is 0 Å². The first-order valence-electron chi connectivity index (χ1n) is 9.54. The predicted octanol–water partition coefficient (Wildman–Crippen LogP) is 2.25. The number of rotatable bonds is 4. The summed E-state index contributed by atoms with van der Waals surface area (Å²) in [5.74, 6) is 1.91. The number of aromatic nitrogens is 3. The summed E-state index contributed by atoms with van der Waals surface area (Å²) in [6.07, 6.45) is 5.70. The lowest BCUT2D eigenvalue weighted by atomic mass is 10.00. The minimum Gasteiger partial charge on any atom is -0.497 e. The molecule has 146 valence electrons. The highest BCUT2D eigenvalue weighted by atomic mass is 16.5. The molecule has 1 amide bonds. The largest absolute Gasteiger partial charge is 0.497 e. The van der Waals surface area contributed by atoms with Gasteiger partial charge in [0.05, 0.1) is 19.9 Å². The van der Waals surface area contributed by atoms with Gasteiger partial charge in [-0.1, -0.05) is 12.1 Å². The van der Waals surface area contributed by atoms with E-state index in [-0.39, 0.29) is 17.4 Å². The van der Waals surface area contributed by atoms with Crippen LogP contribution in [0.25, 0.3) is 5.52 Å². The molecule has 1 aromatic carbocycles. The average molecular weight is 380 g/mol. The fourth-order valence-electron chi connectivity index (χ4n) is 3.82. The van der Waals surface area contributed by atoms with Crippen LogP contribution in [0.15, 0.2) is 41.5 Å². The Bertz CT molecular complexity index is 1070. The molecule has 1 fully saturated rings. The Morgan fingerprint density at radius 3 is 2.75 bits per heavy atom. The Kier molecular flexibility index (Phi) is 4.90. The predicted molar refractivity (Wildman–Crippen MR) is 106 cm³/mol. The molecule has 7 nitrogen and oxygen atoms in total. The van der Waals surface area contributed by atoms with Crippen LogP contribution in [-0.4, -0.2) is 33.5 Å². The number of ether oxygens (including phenoxy) is 1. The molecule has 3 heterocycles. The van der Waals surface area contributed by atoms with E-state index in [2.05, 4.69) is 10.3 Å². The van der Waals surface area contributed by atoms with Gasteiger partial charge in [0.25, 0.3) is 5.56 Å². The number of methoxy groups -OCH3 is 1. The number of fused-ring (bicyclic) bond motifs is 1. The fraction of sp³-hybridized carbons (Fsp3) is 0.381. The van der Waals surface area contributed by atoms with E-state index in [9.17, 15) is 9.59 Å². The maximum absolute atomic E-state index is 13.1. The summed E-state index contributed by atoms with van der Waals surface area (Å²) in [6, 6.07) is 7.72. The maximum atomic E-state index is 13.1. The number of benzene rings is 1. The van der Waals surface area contributed by atoms with Gasteiger partial charge in [0, 0.05) is 30.8 Å². The molecular weight excluding hydrogens is 356 g/mol. The fourth-order valence-corrected chi connectivity index (χ4v) is 3.82. The summed E-state index contributed by atoms with van der Waals surface area (Å²) in [7, 11) is 1.63. The molecule has 1 aliphatic rings. The van der Waals surface area contributed by atoms with Crippen molar-refractivity contribution in [1.29, 1.82) is 0 Å². The third kappa shape index (κ3) is 3.40. The molecular formula is C21H24N4O3. The lowest BCUT2D eigenvalue weighted by Crippen LogP contribution is -2.25. The Hall–Kier alpha value is -3.09. The van der Waals surface area contributed by atoms with Crippen molar-refractivity contribution < 1.29 is 9.53 Å². The van der Waals surface area contributed by atoms with Gasteiger partial charge in [0.15, 0.2) is 0 Å². The third-order valence-corrected chi connectivity index (χ3v) is 5.43. The second-order valence-electron chi connectivity index (χ2n) is 7.26. The number of hydrogen-bond donors (Lipinski definition) is 1. The molecule has 7 heteroatoms. The number of nitrogens with zero attached hydrogens (tertiary/aromatic N) is 3. The van der Waals surface area contributed by atoms with Gasteiger partial charge in [-0.25, -0.2) is 4.98 Å².